The average Bonchev–Trinajstić information content (AvgIpc) is 2.91. The third-order valence-corrected chi connectivity index (χ3v) is 5.05. The molecule has 126 valence electrons. The van der Waals surface area contributed by atoms with Crippen LogP contribution in [0.5, 0.6) is 0 Å². The average molecular weight is 338 g/mol. The summed E-state index contributed by atoms with van der Waals surface area (Å²) in [6, 6.07) is 7.48. The van der Waals surface area contributed by atoms with Crippen molar-refractivity contribution in [3.05, 3.63) is 35.4 Å². The first-order chi connectivity index (χ1) is 10.6. The first kappa shape index (κ1) is 17.8. The van der Waals surface area contributed by atoms with E-state index in [4.69, 9.17) is 11.5 Å². The number of amides is 2. The fourth-order valence-electron chi connectivity index (χ4n) is 3.70. The number of primary amides is 1. The number of hydrogen-bond donors (Lipinski definition) is 2. The fraction of sp³-hybridized carbons (Fsp3) is 0.529. The Kier molecular flexibility index (Phi) is 5.65. The predicted octanol–water partition coefficient (Wildman–Crippen LogP) is 1.36. The summed E-state index contributed by atoms with van der Waals surface area (Å²) in [5, 5.41) is 0. The largest absolute Gasteiger partial charge is 0.368 e. The molecule has 1 aromatic rings. The minimum Gasteiger partial charge on any atom is -0.368 e. The zero-order valence-corrected chi connectivity index (χ0v) is 13.9. The van der Waals surface area contributed by atoms with Gasteiger partial charge in [-0.1, -0.05) is 30.7 Å². The zero-order chi connectivity index (χ0) is 15.7. The van der Waals surface area contributed by atoms with Gasteiger partial charge in [-0.2, -0.15) is 0 Å². The lowest BCUT2D eigenvalue weighted by atomic mass is 9.92. The van der Waals surface area contributed by atoms with Crippen LogP contribution in [0.4, 0.5) is 0 Å². The summed E-state index contributed by atoms with van der Waals surface area (Å²) < 4.78 is 0. The van der Waals surface area contributed by atoms with Gasteiger partial charge in [-0.3, -0.25) is 9.59 Å². The van der Waals surface area contributed by atoms with Gasteiger partial charge in [0.05, 0.1) is 0 Å². The SMILES string of the molecule is Cl.NC(=O)C1Cc2ccccc2CN1C(=O)C[C@@H]1CCC[C@H]1N. The molecule has 1 aliphatic carbocycles. The van der Waals surface area contributed by atoms with Crippen molar-refractivity contribution in [1.29, 1.82) is 0 Å². The second-order valence-electron chi connectivity index (χ2n) is 6.47. The highest BCUT2D eigenvalue weighted by molar-refractivity contribution is 5.87. The van der Waals surface area contributed by atoms with Crippen LogP contribution < -0.4 is 11.5 Å². The summed E-state index contributed by atoms with van der Waals surface area (Å²) in [4.78, 5) is 26.1. The molecule has 0 spiro atoms. The number of rotatable bonds is 3. The molecule has 0 bridgehead atoms. The maximum Gasteiger partial charge on any atom is 0.240 e. The molecule has 2 aliphatic rings. The Labute approximate surface area is 142 Å². The third kappa shape index (κ3) is 3.67. The van der Waals surface area contributed by atoms with Gasteiger partial charge in [0, 0.05) is 25.4 Å². The fourth-order valence-corrected chi connectivity index (χ4v) is 3.70. The number of halogens is 1. The highest BCUT2D eigenvalue weighted by atomic mass is 35.5. The van der Waals surface area contributed by atoms with E-state index in [1.165, 1.54) is 0 Å². The normalized spacial score (nSPS) is 26.3. The Hall–Kier alpha value is -1.59. The van der Waals surface area contributed by atoms with Crippen molar-refractivity contribution < 1.29 is 9.59 Å². The Morgan fingerprint density at radius 3 is 2.48 bits per heavy atom. The molecule has 0 saturated heterocycles. The molecule has 1 fully saturated rings. The van der Waals surface area contributed by atoms with Crippen LogP contribution in [0.25, 0.3) is 0 Å². The van der Waals surface area contributed by atoms with E-state index in [9.17, 15) is 9.59 Å². The molecule has 1 unspecified atom stereocenters. The maximum atomic E-state index is 12.7. The standard InChI is InChI=1S/C17H23N3O2.ClH/c18-14-7-3-6-12(14)9-16(21)20-10-13-5-2-1-4-11(13)8-15(20)17(19)22;/h1-2,4-5,12,14-15H,3,6-10,18H2,(H2,19,22);1H/t12-,14+,15?;/m0./s1. The van der Waals surface area contributed by atoms with Crippen LogP contribution in [0.2, 0.25) is 0 Å². The van der Waals surface area contributed by atoms with Gasteiger partial charge in [-0.25, -0.2) is 0 Å². The molecule has 6 heteroatoms. The van der Waals surface area contributed by atoms with Crippen LogP contribution in [0.3, 0.4) is 0 Å². The lowest BCUT2D eigenvalue weighted by molar-refractivity contribution is -0.141. The minimum atomic E-state index is -0.542. The predicted molar refractivity (Wildman–Crippen MR) is 90.9 cm³/mol. The number of fused-ring (bicyclic) bond motifs is 1. The summed E-state index contributed by atoms with van der Waals surface area (Å²) in [7, 11) is 0. The quantitative estimate of drug-likeness (QED) is 0.872. The summed E-state index contributed by atoms with van der Waals surface area (Å²) in [5.41, 5.74) is 13.8. The summed E-state index contributed by atoms with van der Waals surface area (Å²) in [5.74, 6) is -0.197. The lowest BCUT2D eigenvalue weighted by Gasteiger charge is -2.36. The number of benzene rings is 1. The molecule has 3 rings (SSSR count). The third-order valence-electron chi connectivity index (χ3n) is 5.05. The van der Waals surface area contributed by atoms with Gasteiger partial charge in [0.15, 0.2) is 0 Å². The Bertz CT molecular complexity index is 593. The molecule has 1 aromatic carbocycles. The van der Waals surface area contributed by atoms with E-state index in [2.05, 4.69) is 0 Å². The van der Waals surface area contributed by atoms with E-state index in [-0.39, 0.29) is 30.3 Å². The van der Waals surface area contributed by atoms with Crippen molar-refractivity contribution in [2.75, 3.05) is 0 Å². The van der Waals surface area contributed by atoms with E-state index in [1.807, 2.05) is 24.3 Å². The van der Waals surface area contributed by atoms with E-state index in [0.717, 1.165) is 30.4 Å². The maximum absolute atomic E-state index is 12.7. The number of carbonyl (C=O) groups excluding carboxylic acids is 2. The van der Waals surface area contributed by atoms with E-state index >= 15 is 0 Å². The number of hydrogen-bond acceptors (Lipinski definition) is 3. The first-order valence-corrected chi connectivity index (χ1v) is 7.97. The summed E-state index contributed by atoms with van der Waals surface area (Å²) in [6.45, 7) is 0.463. The van der Waals surface area contributed by atoms with Crippen LogP contribution in [-0.2, 0) is 22.6 Å². The highest BCUT2D eigenvalue weighted by Gasteiger charge is 2.35. The zero-order valence-electron chi connectivity index (χ0n) is 13.1. The second-order valence-corrected chi connectivity index (χ2v) is 6.47. The Morgan fingerprint density at radius 2 is 1.87 bits per heavy atom. The van der Waals surface area contributed by atoms with E-state index in [1.54, 1.807) is 4.90 Å². The van der Waals surface area contributed by atoms with Crippen LogP contribution in [0, 0.1) is 5.92 Å². The monoisotopic (exact) mass is 337 g/mol. The van der Waals surface area contributed by atoms with Crippen molar-refractivity contribution >= 4 is 24.2 Å². The van der Waals surface area contributed by atoms with Gasteiger partial charge in [-0.15, -0.1) is 12.4 Å². The van der Waals surface area contributed by atoms with Gasteiger partial charge in [-0.05, 0) is 29.9 Å². The van der Waals surface area contributed by atoms with Crippen molar-refractivity contribution in [3.63, 3.8) is 0 Å². The number of nitrogens with two attached hydrogens (primary N) is 2. The number of carbonyl (C=O) groups is 2. The topological polar surface area (TPSA) is 89.4 Å². The molecule has 0 radical (unpaired) electrons. The van der Waals surface area contributed by atoms with Gasteiger partial charge < -0.3 is 16.4 Å². The molecular formula is C17H24ClN3O2. The number of nitrogens with zero attached hydrogens (tertiary/aromatic N) is 1. The second kappa shape index (κ2) is 7.32. The lowest BCUT2D eigenvalue weighted by Crippen LogP contribution is -2.51. The Balaban J connectivity index is 0.00000192. The van der Waals surface area contributed by atoms with Gasteiger partial charge in [0.25, 0.3) is 0 Å². The highest BCUT2D eigenvalue weighted by Crippen LogP contribution is 2.30. The Morgan fingerprint density at radius 1 is 1.17 bits per heavy atom. The molecule has 4 N–H and O–H groups in total. The molecule has 23 heavy (non-hydrogen) atoms. The van der Waals surface area contributed by atoms with Gasteiger partial charge in [0.1, 0.15) is 6.04 Å². The van der Waals surface area contributed by atoms with Crippen molar-refractivity contribution in [1.82, 2.24) is 4.90 Å². The van der Waals surface area contributed by atoms with Gasteiger partial charge in [0.2, 0.25) is 11.8 Å². The van der Waals surface area contributed by atoms with Gasteiger partial charge >= 0.3 is 0 Å². The van der Waals surface area contributed by atoms with Crippen molar-refractivity contribution in [2.45, 2.75) is 50.7 Å². The van der Waals surface area contributed by atoms with E-state index < -0.39 is 11.9 Å². The molecule has 5 nitrogen and oxygen atoms in total. The molecule has 1 heterocycles. The smallest absolute Gasteiger partial charge is 0.240 e. The first-order valence-electron chi connectivity index (χ1n) is 7.97. The van der Waals surface area contributed by atoms with Crippen LogP contribution in [-0.4, -0.2) is 28.8 Å². The molecule has 2 amide bonds. The van der Waals surface area contributed by atoms with Crippen molar-refractivity contribution in [3.8, 4) is 0 Å². The molecule has 3 atom stereocenters. The van der Waals surface area contributed by atoms with Crippen LogP contribution in [0.1, 0.15) is 36.8 Å². The minimum absolute atomic E-state index is 0. The molecular weight excluding hydrogens is 314 g/mol. The molecule has 0 aromatic heterocycles. The van der Waals surface area contributed by atoms with Crippen LogP contribution >= 0.6 is 12.4 Å². The summed E-state index contributed by atoms with van der Waals surface area (Å²) >= 11 is 0. The van der Waals surface area contributed by atoms with Crippen LogP contribution in [0.15, 0.2) is 24.3 Å². The van der Waals surface area contributed by atoms with E-state index in [0.29, 0.717) is 19.4 Å². The van der Waals surface area contributed by atoms with Crippen molar-refractivity contribution in [2.24, 2.45) is 17.4 Å². The molecule has 1 saturated carbocycles. The molecule has 1 aliphatic heterocycles. The summed E-state index contributed by atoms with van der Waals surface area (Å²) in [6.07, 6.45) is 4.00.